The average molecular weight is 258 g/mol. The molecule has 0 spiro atoms. The Kier molecular flexibility index (Phi) is 3.79. The maximum Gasteiger partial charge on any atom is 0.213 e. The largest absolute Gasteiger partial charge is 0.477 e. The van der Waals surface area contributed by atoms with Gasteiger partial charge in [0.15, 0.2) is 0 Å². The predicted molar refractivity (Wildman–Crippen MR) is 73.0 cm³/mol. The predicted octanol–water partition coefficient (Wildman–Crippen LogP) is 2.72. The normalized spacial score (nSPS) is 19.3. The lowest BCUT2D eigenvalue weighted by Gasteiger charge is -2.22. The van der Waals surface area contributed by atoms with Crippen LogP contribution in [-0.2, 0) is 0 Å². The molecule has 2 aromatic heterocycles. The highest BCUT2D eigenvalue weighted by Crippen LogP contribution is 2.21. The van der Waals surface area contributed by atoms with Crippen LogP contribution in [-0.4, -0.2) is 24.7 Å². The van der Waals surface area contributed by atoms with Gasteiger partial charge < -0.3 is 14.5 Å². The van der Waals surface area contributed by atoms with E-state index in [9.17, 15) is 0 Å². The average Bonchev–Trinajstić information content (AvgIpc) is 3.01. The van der Waals surface area contributed by atoms with E-state index in [0.29, 0.717) is 11.8 Å². The minimum atomic E-state index is 0.598. The van der Waals surface area contributed by atoms with Gasteiger partial charge in [0, 0.05) is 30.3 Å². The summed E-state index contributed by atoms with van der Waals surface area (Å²) in [4.78, 5) is 4.32. The highest BCUT2D eigenvalue weighted by molar-refractivity contribution is 5.55. The van der Waals surface area contributed by atoms with Crippen LogP contribution in [0.2, 0.25) is 0 Å². The number of nitrogens with zero attached hydrogens (tertiary/aromatic N) is 1. The lowest BCUT2D eigenvalue weighted by atomic mass is 10.0. The van der Waals surface area contributed by atoms with E-state index in [0.717, 1.165) is 31.0 Å². The summed E-state index contributed by atoms with van der Waals surface area (Å²) >= 11 is 0. The molecule has 1 saturated heterocycles. The summed E-state index contributed by atoms with van der Waals surface area (Å²) in [6, 6.07) is 7.66. The third-order valence-corrected chi connectivity index (χ3v) is 3.41. The molecule has 1 unspecified atom stereocenters. The van der Waals surface area contributed by atoms with E-state index < -0.39 is 0 Å². The van der Waals surface area contributed by atoms with Gasteiger partial charge in [0.2, 0.25) is 5.88 Å². The summed E-state index contributed by atoms with van der Waals surface area (Å²) in [5.41, 5.74) is 0.969. The number of aromatic nitrogens is 1. The zero-order chi connectivity index (χ0) is 12.9. The molecule has 4 nitrogen and oxygen atoms in total. The molecule has 1 aliphatic rings. The van der Waals surface area contributed by atoms with Crippen LogP contribution in [0.5, 0.6) is 5.88 Å². The van der Waals surface area contributed by atoms with Crippen LogP contribution in [0.3, 0.4) is 0 Å². The molecular weight excluding hydrogens is 240 g/mol. The number of nitrogens with one attached hydrogen (secondary N) is 1. The molecule has 0 aliphatic carbocycles. The second-order valence-corrected chi connectivity index (χ2v) is 4.89. The summed E-state index contributed by atoms with van der Waals surface area (Å²) in [5, 5.41) is 3.39. The summed E-state index contributed by atoms with van der Waals surface area (Å²) < 4.78 is 11.1. The molecule has 2 aromatic rings. The molecule has 1 N–H and O–H groups in total. The van der Waals surface area contributed by atoms with Crippen LogP contribution in [0.4, 0.5) is 0 Å². The Balaban J connectivity index is 1.57. The monoisotopic (exact) mass is 258 g/mol. The quantitative estimate of drug-likeness (QED) is 0.916. The molecule has 4 heteroatoms. The first-order valence-electron chi connectivity index (χ1n) is 6.75. The van der Waals surface area contributed by atoms with Crippen LogP contribution in [0.25, 0.3) is 11.3 Å². The Labute approximate surface area is 112 Å². The number of pyridine rings is 1. The Hall–Kier alpha value is -1.81. The van der Waals surface area contributed by atoms with E-state index in [1.54, 1.807) is 12.5 Å². The number of hydrogen-bond donors (Lipinski definition) is 1. The molecule has 0 saturated carbocycles. The summed E-state index contributed by atoms with van der Waals surface area (Å²) in [7, 11) is 0. The number of piperidine rings is 1. The molecule has 3 rings (SSSR count). The fourth-order valence-corrected chi connectivity index (χ4v) is 2.32. The maximum absolute atomic E-state index is 5.74. The molecule has 19 heavy (non-hydrogen) atoms. The van der Waals surface area contributed by atoms with E-state index in [-0.39, 0.29) is 0 Å². The van der Waals surface area contributed by atoms with Crippen LogP contribution in [0, 0.1) is 5.92 Å². The minimum Gasteiger partial charge on any atom is -0.477 e. The van der Waals surface area contributed by atoms with E-state index in [1.807, 2.05) is 24.3 Å². The first-order chi connectivity index (χ1) is 9.42. The first-order valence-corrected chi connectivity index (χ1v) is 6.75. The molecule has 100 valence electrons. The van der Waals surface area contributed by atoms with Gasteiger partial charge in [-0.2, -0.15) is 0 Å². The van der Waals surface area contributed by atoms with Crippen molar-refractivity contribution in [1.82, 2.24) is 10.3 Å². The second kappa shape index (κ2) is 5.89. The van der Waals surface area contributed by atoms with Crippen LogP contribution in [0.15, 0.2) is 41.1 Å². The molecule has 1 atom stereocenters. The van der Waals surface area contributed by atoms with Gasteiger partial charge in [0.25, 0.3) is 0 Å². The fourth-order valence-electron chi connectivity index (χ4n) is 2.32. The molecule has 0 aromatic carbocycles. The van der Waals surface area contributed by atoms with Gasteiger partial charge in [0.1, 0.15) is 5.76 Å². The second-order valence-electron chi connectivity index (χ2n) is 4.89. The van der Waals surface area contributed by atoms with Gasteiger partial charge in [-0.3, -0.25) is 0 Å². The van der Waals surface area contributed by atoms with Gasteiger partial charge in [-0.1, -0.05) is 0 Å². The Morgan fingerprint density at radius 2 is 2.37 bits per heavy atom. The van der Waals surface area contributed by atoms with Gasteiger partial charge in [-0.05, 0) is 37.6 Å². The molecule has 0 radical (unpaired) electrons. The Morgan fingerprint density at radius 3 is 3.05 bits per heavy atom. The van der Waals surface area contributed by atoms with Crippen LogP contribution in [0.1, 0.15) is 12.8 Å². The van der Waals surface area contributed by atoms with Gasteiger partial charge in [-0.25, -0.2) is 4.98 Å². The third-order valence-electron chi connectivity index (χ3n) is 3.41. The van der Waals surface area contributed by atoms with Crippen molar-refractivity contribution in [3.05, 3.63) is 36.7 Å². The Morgan fingerprint density at radius 1 is 1.37 bits per heavy atom. The topological polar surface area (TPSA) is 47.3 Å². The van der Waals surface area contributed by atoms with Crippen LogP contribution < -0.4 is 10.1 Å². The minimum absolute atomic E-state index is 0.598. The standard InChI is InChI=1S/C15H18N2O2/c1-3-12(9-16-7-1)11-19-15-6-5-13(10-17-15)14-4-2-8-18-14/h2,4-6,8,10,12,16H,1,3,7,9,11H2. The fraction of sp³-hybridized carbons (Fsp3) is 0.400. The summed E-state index contributed by atoms with van der Waals surface area (Å²) in [5.74, 6) is 2.11. The van der Waals surface area contributed by atoms with E-state index in [2.05, 4.69) is 10.3 Å². The molecule has 0 amide bonds. The number of furan rings is 1. The summed E-state index contributed by atoms with van der Waals surface area (Å²) in [6.07, 6.45) is 5.92. The zero-order valence-electron chi connectivity index (χ0n) is 10.8. The van der Waals surface area contributed by atoms with Gasteiger partial charge in [0.05, 0.1) is 12.9 Å². The molecule has 1 fully saturated rings. The molecule has 0 bridgehead atoms. The van der Waals surface area contributed by atoms with Crippen molar-refractivity contribution in [3.8, 4) is 17.2 Å². The molecule has 1 aliphatic heterocycles. The summed E-state index contributed by atoms with van der Waals surface area (Å²) in [6.45, 7) is 2.91. The van der Waals surface area contributed by atoms with Crippen molar-refractivity contribution in [1.29, 1.82) is 0 Å². The number of ether oxygens (including phenoxy) is 1. The lowest BCUT2D eigenvalue weighted by Crippen LogP contribution is -2.33. The number of rotatable bonds is 4. The highest BCUT2D eigenvalue weighted by atomic mass is 16.5. The van der Waals surface area contributed by atoms with Crippen molar-refractivity contribution in [2.45, 2.75) is 12.8 Å². The Bertz CT molecular complexity index is 487. The smallest absolute Gasteiger partial charge is 0.213 e. The lowest BCUT2D eigenvalue weighted by molar-refractivity contribution is 0.212. The highest BCUT2D eigenvalue weighted by Gasteiger charge is 2.13. The van der Waals surface area contributed by atoms with E-state index >= 15 is 0 Å². The molecule has 3 heterocycles. The first kappa shape index (κ1) is 12.2. The van der Waals surface area contributed by atoms with Gasteiger partial charge in [-0.15, -0.1) is 0 Å². The van der Waals surface area contributed by atoms with Crippen LogP contribution >= 0.6 is 0 Å². The van der Waals surface area contributed by atoms with Crippen molar-refractivity contribution in [2.75, 3.05) is 19.7 Å². The molecular formula is C15H18N2O2. The van der Waals surface area contributed by atoms with Crippen molar-refractivity contribution >= 4 is 0 Å². The SMILES string of the molecule is c1coc(-c2ccc(OCC3CCCNC3)nc2)c1. The van der Waals surface area contributed by atoms with Crippen molar-refractivity contribution in [2.24, 2.45) is 5.92 Å². The van der Waals surface area contributed by atoms with E-state index in [1.165, 1.54) is 12.8 Å². The van der Waals surface area contributed by atoms with Gasteiger partial charge >= 0.3 is 0 Å². The number of hydrogen-bond acceptors (Lipinski definition) is 4. The van der Waals surface area contributed by atoms with Crippen molar-refractivity contribution < 1.29 is 9.15 Å². The maximum atomic E-state index is 5.74. The van der Waals surface area contributed by atoms with E-state index in [4.69, 9.17) is 9.15 Å². The third kappa shape index (κ3) is 3.15. The zero-order valence-corrected chi connectivity index (χ0v) is 10.8. The van der Waals surface area contributed by atoms with Crippen molar-refractivity contribution in [3.63, 3.8) is 0 Å².